The van der Waals surface area contributed by atoms with Crippen LogP contribution in [0, 0.1) is 0 Å². The van der Waals surface area contributed by atoms with Crippen molar-refractivity contribution in [3.8, 4) is 11.3 Å². The minimum Gasteiger partial charge on any atom is -0.375 e. The van der Waals surface area contributed by atoms with Crippen molar-refractivity contribution < 1.29 is 0 Å². The molecule has 2 N–H and O–H groups in total. The molecule has 3 heterocycles. The fraction of sp³-hybridized carbons (Fsp3) is 0.500. The van der Waals surface area contributed by atoms with E-state index in [2.05, 4.69) is 29.1 Å². The summed E-state index contributed by atoms with van der Waals surface area (Å²) in [5, 5.41) is 2.69. The van der Waals surface area contributed by atoms with Crippen LogP contribution in [0.3, 0.4) is 0 Å². The highest BCUT2D eigenvalue weighted by Crippen LogP contribution is 2.36. The zero-order chi connectivity index (χ0) is 14.3. The molecule has 3 rings (SSSR count). The molecule has 0 bridgehead atoms. The molecular formula is C14H18ClN3S2. The quantitative estimate of drug-likeness (QED) is 0.903. The number of anilines is 1. The van der Waals surface area contributed by atoms with Crippen LogP contribution in [0.4, 0.5) is 5.13 Å². The second-order valence-electron chi connectivity index (χ2n) is 5.41. The molecule has 20 heavy (non-hydrogen) atoms. The third-order valence-corrected chi connectivity index (χ3v) is 5.98. The maximum atomic E-state index is 6.04. The van der Waals surface area contributed by atoms with E-state index in [1.807, 2.05) is 6.07 Å². The number of thiophene rings is 1. The second kappa shape index (κ2) is 5.64. The number of rotatable bonds is 3. The zero-order valence-corrected chi connectivity index (χ0v) is 14.0. The summed E-state index contributed by atoms with van der Waals surface area (Å²) in [6.45, 7) is 5.53. The molecule has 1 aliphatic rings. The Balaban J connectivity index is 1.90. The number of thiazole rings is 1. The van der Waals surface area contributed by atoms with Gasteiger partial charge in [-0.2, -0.15) is 0 Å². The summed E-state index contributed by atoms with van der Waals surface area (Å²) in [4.78, 5) is 8.30. The number of aromatic nitrogens is 1. The van der Waals surface area contributed by atoms with E-state index in [0.29, 0.717) is 17.2 Å². The van der Waals surface area contributed by atoms with E-state index >= 15 is 0 Å². The average molecular weight is 328 g/mol. The van der Waals surface area contributed by atoms with Crippen molar-refractivity contribution in [1.29, 1.82) is 0 Å². The van der Waals surface area contributed by atoms with Crippen molar-refractivity contribution in [3.05, 3.63) is 20.7 Å². The number of likely N-dealkylation sites (tertiary alicyclic amines) is 1. The van der Waals surface area contributed by atoms with Gasteiger partial charge in [0.05, 0.1) is 10.0 Å². The Morgan fingerprint density at radius 3 is 2.70 bits per heavy atom. The van der Waals surface area contributed by atoms with Crippen molar-refractivity contribution >= 4 is 39.4 Å². The van der Waals surface area contributed by atoms with Crippen LogP contribution >= 0.6 is 34.3 Å². The highest BCUT2D eigenvalue weighted by Gasteiger charge is 2.28. The van der Waals surface area contributed by atoms with Gasteiger partial charge in [0.1, 0.15) is 0 Å². The van der Waals surface area contributed by atoms with E-state index in [4.69, 9.17) is 17.3 Å². The molecule has 2 aromatic rings. The van der Waals surface area contributed by atoms with Crippen LogP contribution in [0.25, 0.3) is 11.3 Å². The highest BCUT2D eigenvalue weighted by molar-refractivity contribution is 7.16. The first-order valence-electron chi connectivity index (χ1n) is 6.80. The van der Waals surface area contributed by atoms with Gasteiger partial charge < -0.3 is 5.73 Å². The fourth-order valence-corrected chi connectivity index (χ4v) is 4.59. The molecule has 0 spiro atoms. The first-order valence-corrected chi connectivity index (χ1v) is 8.87. The Morgan fingerprint density at radius 1 is 1.40 bits per heavy atom. The molecule has 1 aliphatic heterocycles. The molecule has 0 amide bonds. The summed E-state index contributed by atoms with van der Waals surface area (Å²) >= 11 is 9.17. The van der Waals surface area contributed by atoms with Gasteiger partial charge in [0.25, 0.3) is 0 Å². The van der Waals surface area contributed by atoms with Gasteiger partial charge in [-0.05, 0) is 32.8 Å². The Bertz CT molecular complexity index is 597. The lowest BCUT2D eigenvalue weighted by molar-refractivity contribution is 0.207. The molecule has 0 aromatic carbocycles. The first-order chi connectivity index (χ1) is 9.54. The molecule has 3 nitrogen and oxygen atoms in total. The number of halogens is 1. The van der Waals surface area contributed by atoms with E-state index in [9.17, 15) is 0 Å². The standard InChI is InChI=1S/C14H18ClN3S2/c1-8-3-4-9(2)18(8)6-11-13(17-14(16)20-11)10-5-12(15)19-7-10/h5,7-9H,3-4,6H2,1-2H3,(H2,16,17)/t8-,9-/m1/s1. The molecule has 2 atom stereocenters. The van der Waals surface area contributed by atoms with E-state index in [1.165, 1.54) is 29.1 Å². The van der Waals surface area contributed by atoms with Crippen LogP contribution in [0.1, 0.15) is 31.6 Å². The molecule has 1 saturated heterocycles. The lowest BCUT2D eigenvalue weighted by atomic mass is 10.2. The third-order valence-electron chi connectivity index (χ3n) is 4.02. The van der Waals surface area contributed by atoms with E-state index < -0.39 is 0 Å². The van der Waals surface area contributed by atoms with Crippen LogP contribution in [0.2, 0.25) is 4.34 Å². The lowest BCUT2D eigenvalue weighted by Gasteiger charge is -2.25. The van der Waals surface area contributed by atoms with Gasteiger partial charge in [0, 0.05) is 34.4 Å². The molecule has 0 unspecified atom stereocenters. The predicted octanol–water partition coefficient (Wildman–Crippen LogP) is 4.48. The lowest BCUT2D eigenvalue weighted by Crippen LogP contribution is -2.31. The highest BCUT2D eigenvalue weighted by atomic mass is 35.5. The van der Waals surface area contributed by atoms with Gasteiger partial charge in [0.2, 0.25) is 0 Å². The summed E-state index contributed by atoms with van der Waals surface area (Å²) in [6.07, 6.45) is 2.55. The molecule has 2 aromatic heterocycles. The van der Waals surface area contributed by atoms with Gasteiger partial charge in [-0.1, -0.05) is 11.6 Å². The molecule has 0 radical (unpaired) electrons. The van der Waals surface area contributed by atoms with Gasteiger partial charge in [-0.3, -0.25) is 4.90 Å². The largest absolute Gasteiger partial charge is 0.375 e. The monoisotopic (exact) mass is 327 g/mol. The van der Waals surface area contributed by atoms with Gasteiger partial charge >= 0.3 is 0 Å². The Hall–Kier alpha value is -0.620. The fourth-order valence-electron chi connectivity index (χ4n) is 2.86. The van der Waals surface area contributed by atoms with Crippen LogP contribution < -0.4 is 5.73 Å². The average Bonchev–Trinajstić information content (AvgIpc) is 3.05. The zero-order valence-electron chi connectivity index (χ0n) is 11.6. The Labute approximate surface area is 132 Å². The molecule has 1 fully saturated rings. The minimum absolute atomic E-state index is 0.632. The van der Waals surface area contributed by atoms with Crippen LogP contribution in [-0.2, 0) is 6.54 Å². The summed E-state index contributed by atoms with van der Waals surface area (Å²) < 4.78 is 0.792. The molecule has 0 saturated carbocycles. The molecule has 6 heteroatoms. The van der Waals surface area contributed by atoms with Crippen molar-refractivity contribution in [3.63, 3.8) is 0 Å². The number of hydrogen-bond donors (Lipinski definition) is 1. The SMILES string of the molecule is C[C@@H]1CC[C@@H](C)N1Cc1sc(N)nc1-c1csc(Cl)c1. The summed E-state index contributed by atoms with van der Waals surface area (Å²) in [5.74, 6) is 0. The minimum atomic E-state index is 0.632. The van der Waals surface area contributed by atoms with E-state index in [0.717, 1.165) is 22.1 Å². The van der Waals surface area contributed by atoms with Crippen molar-refractivity contribution in [1.82, 2.24) is 9.88 Å². The maximum absolute atomic E-state index is 6.04. The second-order valence-corrected chi connectivity index (χ2v) is 8.07. The van der Waals surface area contributed by atoms with Gasteiger partial charge in [0.15, 0.2) is 5.13 Å². The van der Waals surface area contributed by atoms with Crippen molar-refractivity contribution in [2.24, 2.45) is 0 Å². The molecule has 0 aliphatic carbocycles. The number of nitrogens with zero attached hydrogens (tertiary/aromatic N) is 2. The number of hydrogen-bond acceptors (Lipinski definition) is 5. The van der Waals surface area contributed by atoms with E-state index in [-0.39, 0.29) is 0 Å². The summed E-state index contributed by atoms with van der Waals surface area (Å²) in [7, 11) is 0. The first kappa shape index (κ1) is 14.3. The molecular weight excluding hydrogens is 310 g/mol. The van der Waals surface area contributed by atoms with Gasteiger partial charge in [-0.25, -0.2) is 4.98 Å². The topological polar surface area (TPSA) is 42.1 Å². The van der Waals surface area contributed by atoms with E-state index in [1.54, 1.807) is 11.3 Å². The summed E-state index contributed by atoms with van der Waals surface area (Å²) in [5.41, 5.74) is 8.01. The Morgan fingerprint density at radius 2 is 2.10 bits per heavy atom. The third kappa shape index (κ3) is 2.72. The summed E-state index contributed by atoms with van der Waals surface area (Å²) in [6, 6.07) is 3.24. The van der Waals surface area contributed by atoms with Crippen LogP contribution in [-0.4, -0.2) is 22.0 Å². The van der Waals surface area contributed by atoms with Crippen molar-refractivity contribution in [2.75, 3.05) is 5.73 Å². The van der Waals surface area contributed by atoms with Crippen LogP contribution in [0.15, 0.2) is 11.4 Å². The molecule has 108 valence electrons. The predicted molar refractivity (Wildman–Crippen MR) is 88.6 cm³/mol. The van der Waals surface area contributed by atoms with Crippen LogP contribution in [0.5, 0.6) is 0 Å². The smallest absolute Gasteiger partial charge is 0.180 e. The van der Waals surface area contributed by atoms with Crippen molar-refractivity contribution in [2.45, 2.75) is 45.3 Å². The maximum Gasteiger partial charge on any atom is 0.180 e. The van der Waals surface area contributed by atoms with Gasteiger partial charge in [-0.15, -0.1) is 22.7 Å². The number of nitrogens with two attached hydrogens (primary N) is 1. The Kier molecular flexibility index (Phi) is 4.04. The number of nitrogen functional groups attached to an aromatic ring is 1. The normalized spacial score (nSPS) is 23.6.